The summed E-state index contributed by atoms with van der Waals surface area (Å²) < 4.78 is 10.6. The number of hydrogen-bond donors (Lipinski definition) is 2. The number of H-pyrrole nitrogens is 1. The van der Waals surface area contributed by atoms with Crippen molar-refractivity contribution < 1.29 is 24.2 Å². The van der Waals surface area contributed by atoms with Gasteiger partial charge in [0.1, 0.15) is 5.76 Å². The number of aliphatic hydroxyl groups is 1. The third-order valence-corrected chi connectivity index (χ3v) is 6.19. The Balaban J connectivity index is 1.70. The van der Waals surface area contributed by atoms with Gasteiger partial charge in [-0.2, -0.15) is 0 Å². The second kappa shape index (κ2) is 8.98. The Hall–Kier alpha value is -4.59. The fourth-order valence-electron chi connectivity index (χ4n) is 4.51. The first-order valence-electron chi connectivity index (χ1n) is 11.0. The van der Waals surface area contributed by atoms with Crippen LogP contribution in [0.4, 0.5) is 0 Å². The van der Waals surface area contributed by atoms with Crippen LogP contribution in [0.25, 0.3) is 16.7 Å². The Morgan fingerprint density at radius 2 is 1.86 bits per heavy atom. The highest BCUT2D eigenvalue weighted by Crippen LogP contribution is 2.43. The van der Waals surface area contributed by atoms with Crippen molar-refractivity contribution in [3.8, 4) is 11.5 Å². The molecule has 0 spiro atoms. The van der Waals surface area contributed by atoms with Gasteiger partial charge in [-0.15, -0.1) is 0 Å². The fourth-order valence-corrected chi connectivity index (χ4v) is 4.51. The molecule has 1 aliphatic rings. The normalized spacial score (nSPS) is 17.2. The summed E-state index contributed by atoms with van der Waals surface area (Å²) in [6.45, 7) is 0.158. The van der Waals surface area contributed by atoms with E-state index in [0.29, 0.717) is 22.6 Å². The molecule has 2 aromatic heterocycles. The predicted octanol–water partition coefficient (Wildman–Crippen LogP) is 4.20. The number of rotatable bonds is 6. The van der Waals surface area contributed by atoms with Crippen LogP contribution in [0, 0.1) is 0 Å². The number of nitrogens with one attached hydrogen (secondary N) is 1. The van der Waals surface area contributed by atoms with Crippen molar-refractivity contribution in [2.24, 2.45) is 0 Å². The lowest BCUT2D eigenvalue weighted by atomic mass is 9.94. The van der Waals surface area contributed by atoms with Gasteiger partial charge in [-0.25, -0.2) is 0 Å². The summed E-state index contributed by atoms with van der Waals surface area (Å²) in [5.74, 6) is -0.852. The molecule has 176 valence electrons. The number of hydrogen-bond acceptors (Lipinski definition) is 6. The number of carbonyl (C=O) groups is 2. The Morgan fingerprint density at radius 3 is 2.60 bits per heavy atom. The number of Topliss-reactive ketones (excluding diaryl/α,β-unsaturated/α-hetero) is 1. The summed E-state index contributed by atoms with van der Waals surface area (Å²) in [6, 6.07) is 15.3. The quantitative estimate of drug-likeness (QED) is 0.249. The molecule has 0 bridgehead atoms. The molecule has 1 fully saturated rings. The average molecular weight is 469 g/mol. The first kappa shape index (κ1) is 22.2. The van der Waals surface area contributed by atoms with E-state index in [2.05, 4.69) is 9.97 Å². The molecule has 1 saturated heterocycles. The minimum absolute atomic E-state index is 0.0101. The van der Waals surface area contributed by atoms with Crippen LogP contribution in [-0.2, 0) is 16.1 Å². The van der Waals surface area contributed by atoms with E-state index in [-0.39, 0.29) is 17.9 Å². The van der Waals surface area contributed by atoms with E-state index in [1.807, 2.05) is 30.3 Å². The molecule has 1 atom stereocenters. The van der Waals surface area contributed by atoms with Crippen LogP contribution in [0.5, 0.6) is 11.5 Å². The second-order valence-electron chi connectivity index (χ2n) is 8.15. The number of carbonyl (C=O) groups excluding carboxylic acids is 2. The van der Waals surface area contributed by atoms with Gasteiger partial charge in [0.05, 0.1) is 25.8 Å². The van der Waals surface area contributed by atoms with Crippen LogP contribution in [0.15, 0.2) is 78.8 Å². The zero-order chi connectivity index (χ0) is 24.5. The van der Waals surface area contributed by atoms with E-state index in [9.17, 15) is 14.7 Å². The van der Waals surface area contributed by atoms with Gasteiger partial charge in [0, 0.05) is 47.2 Å². The lowest BCUT2D eigenvalue weighted by molar-refractivity contribution is -0.140. The summed E-state index contributed by atoms with van der Waals surface area (Å²) in [5, 5.41) is 12.2. The maximum atomic E-state index is 13.3. The van der Waals surface area contributed by atoms with Crippen LogP contribution < -0.4 is 9.47 Å². The predicted molar refractivity (Wildman–Crippen MR) is 130 cm³/mol. The SMILES string of the molecule is COc1ccc(/C(O)=C2\C(=O)C(=O)N(Cc3cccnc3)C2c2c[nH]c3ccccc23)cc1OC. The molecule has 35 heavy (non-hydrogen) atoms. The number of ether oxygens (including phenoxy) is 2. The van der Waals surface area contributed by atoms with Crippen LogP contribution >= 0.6 is 0 Å². The monoisotopic (exact) mass is 469 g/mol. The molecule has 4 aromatic rings. The molecule has 0 aliphatic carbocycles. The van der Waals surface area contributed by atoms with E-state index in [1.165, 1.54) is 19.1 Å². The smallest absolute Gasteiger partial charge is 0.295 e. The zero-order valence-electron chi connectivity index (χ0n) is 19.2. The maximum absolute atomic E-state index is 13.3. The van der Waals surface area contributed by atoms with Crippen molar-refractivity contribution in [2.45, 2.75) is 12.6 Å². The highest BCUT2D eigenvalue weighted by atomic mass is 16.5. The van der Waals surface area contributed by atoms with Gasteiger partial charge in [0.2, 0.25) is 0 Å². The lowest BCUT2D eigenvalue weighted by Gasteiger charge is -2.25. The van der Waals surface area contributed by atoms with Crippen LogP contribution in [0.3, 0.4) is 0 Å². The summed E-state index contributed by atoms with van der Waals surface area (Å²) in [6.07, 6.45) is 5.07. The van der Waals surface area contributed by atoms with Crippen molar-refractivity contribution in [2.75, 3.05) is 14.2 Å². The molecule has 2 N–H and O–H groups in total. The number of amides is 1. The van der Waals surface area contributed by atoms with Crippen molar-refractivity contribution in [1.29, 1.82) is 0 Å². The number of nitrogens with zero attached hydrogens (tertiary/aromatic N) is 2. The van der Waals surface area contributed by atoms with Crippen molar-refractivity contribution in [3.05, 3.63) is 95.5 Å². The number of benzene rings is 2. The highest BCUT2D eigenvalue weighted by molar-refractivity contribution is 6.46. The number of methoxy groups -OCH3 is 2. The van der Waals surface area contributed by atoms with Gasteiger partial charge in [0.15, 0.2) is 11.5 Å². The van der Waals surface area contributed by atoms with Gasteiger partial charge in [-0.1, -0.05) is 24.3 Å². The van der Waals surface area contributed by atoms with Gasteiger partial charge < -0.3 is 24.5 Å². The van der Waals surface area contributed by atoms with E-state index >= 15 is 0 Å². The number of likely N-dealkylation sites (tertiary alicyclic amines) is 1. The average Bonchev–Trinajstić information content (AvgIpc) is 3.42. The molecule has 3 heterocycles. The number of ketones is 1. The maximum Gasteiger partial charge on any atom is 0.295 e. The highest BCUT2D eigenvalue weighted by Gasteiger charge is 2.47. The molecule has 8 nitrogen and oxygen atoms in total. The molecule has 0 radical (unpaired) electrons. The van der Waals surface area contributed by atoms with E-state index in [1.54, 1.807) is 42.9 Å². The Kier molecular flexibility index (Phi) is 5.70. The summed E-state index contributed by atoms with van der Waals surface area (Å²) in [4.78, 5) is 35.4. The number of aliphatic hydroxyl groups excluding tert-OH is 1. The summed E-state index contributed by atoms with van der Waals surface area (Å²) >= 11 is 0. The molecule has 1 unspecified atom stereocenters. The van der Waals surface area contributed by atoms with Gasteiger partial charge >= 0.3 is 0 Å². The minimum atomic E-state index is -0.806. The molecule has 5 rings (SSSR count). The lowest BCUT2D eigenvalue weighted by Crippen LogP contribution is -2.29. The molecule has 1 aliphatic heterocycles. The van der Waals surface area contributed by atoms with Gasteiger partial charge in [0.25, 0.3) is 11.7 Å². The molecular formula is C27H23N3O5. The topological polar surface area (TPSA) is 105 Å². The Morgan fingerprint density at radius 1 is 1.06 bits per heavy atom. The largest absolute Gasteiger partial charge is 0.507 e. The molecule has 8 heteroatoms. The van der Waals surface area contributed by atoms with Crippen LogP contribution in [-0.4, -0.2) is 45.9 Å². The third kappa shape index (κ3) is 3.78. The number of aromatic amines is 1. The standard InChI is InChI=1S/C27H23N3O5/c1-34-21-10-9-17(12-22(21)35-2)25(31)23-24(19-14-29-20-8-4-3-7-18(19)20)30(27(33)26(23)32)15-16-6-5-11-28-13-16/h3-14,24,29,31H,15H2,1-2H3/b25-23+. The molecule has 2 aromatic carbocycles. The summed E-state index contributed by atoms with van der Waals surface area (Å²) in [7, 11) is 3.00. The number of pyridine rings is 1. The second-order valence-corrected chi connectivity index (χ2v) is 8.15. The zero-order valence-corrected chi connectivity index (χ0v) is 19.2. The number of aromatic nitrogens is 2. The fraction of sp³-hybridized carbons (Fsp3) is 0.148. The van der Waals surface area contributed by atoms with E-state index < -0.39 is 17.7 Å². The van der Waals surface area contributed by atoms with Gasteiger partial charge in [-0.05, 0) is 35.9 Å². The molecule has 1 amide bonds. The Bertz CT molecular complexity index is 1460. The first-order chi connectivity index (χ1) is 17.0. The van der Waals surface area contributed by atoms with Crippen molar-refractivity contribution in [3.63, 3.8) is 0 Å². The number of para-hydroxylation sites is 1. The summed E-state index contributed by atoms with van der Waals surface area (Å²) in [5.41, 5.74) is 2.69. The van der Waals surface area contributed by atoms with E-state index in [4.69, 9.17) is 9.47 Å². The third-order valence-electron chi connectivity index (χ3n) is 6.19. The van der Waals surface area contributed by atoms with E-state index in [0.717, 1.165) is 16.5 Å². The number of fused-ring (bicyclic) bond motifs is 1. The van der Waals surface area contributed by atoms with Gasteiger partial charge in [-0.3, -0.25) is 14.6 Å². The molecule has 0 saturated carbocycles. The molecular weight excluding hydrogens is 446 g/mol. The first-order valence-corrected chi connectivity index (χ1v) is 11.0. The van der Waals surface area contributed by atoms with Crippen molar-refractivity contribution >= 4 is 28.4 Å². The van der Waals surface area contributed by atoms with Crippen LogP contribution in [0.2, 0.25) is 0 Å². The minimum Gasteiger partial charge on any atom is -0.507 e. The van der Waals surface area contributed by atoms with Crippen molar-refractivity contribution in [1.82, 2.24) is 14.9 Å². The van der Waals surface area contributed by atoms with Crippen LogP contribution in [0.1, 0.15) is 22.7 Å². The Labute approximate surface area is 201 Å².